The molecule has 1 atom stereocenters. The van der Waals surface area contributed by atoms with Gasteiger partial charge in [-0.3, -0.25) is 4.90 Å². The fourth-order valence-electron chi connectivity index (χ4n) is 3.97. The highest BCUT2D eigenvalue weighted by Crippen LogP contribution is 2.36. The van der Waals surface area contributed by atoms with E-state index >= 15 is 0 Å². The summed E-state index contributed by atoms with van der Waals surface area (Å²) < 4.78 is 0. The zero-order chi connectivity index (χ0) is 18.4. The maximum absolute atomic E-state index is 10.2. The van der Waals surface area contributed by atoms with Gasteiger partial charge in [0.2, 0.25) is 0 Å². The van der Waals surface area contributed by atoms with Crippen LogP contribution in [0.5, 0.6) is 0 Å². The van der Waals surface area contributed by atoms with Crippen LogP contribution in [-0.4, -0.2) is 48.8 Å². The predicted octanol–water partition coefficient (Wildman–Crippen LogP) is 3.81. The molecule has 2 heterocycles. The molecule has 0 aliphatic carbocycles. The lowest BCUT2D eigenvalue weighted by Crippen LogP contribution is -2.44. The molecule has 1 unspecified atom stereocenters. The maximum Gasteiger partial charge on any atom is 0.185 e. The molecule has 0 bridgehead atoms. The molecule has 1 aromatic carbocycles. The summed E-state index contributed by atoms with van der Waals surface area (Å²) in [5.41, 5.74) is 1.45. The van der Waals surface area contributed by atoms with Crippen molar-refractivity contribution in [3.8, 4) is 0 Å². The zero-order valence-corrected chi connectivity index (χ0v) is 16.8. The standard InChI is InChI=1S/C21H31N3OS/c1-23(2)20-22-14-19(26-20)15-24-13-7-12-21(16-24,17-25)11-6-10-18-8-4-3-5-9-18/h3-5,8-9,14,25H,6-7,10-13,15-17H2,1-2H3. The molecule has 1 aromatic heterocycles. The van der Waals surface area contributed by atoms with Crippen LogP contribution in [0.4, 0.5) is 5.13 Å². The van der Waals surface area contributed by atoms with Gasteiger partial charge in [-0.15, -0.1) is 11.3 Å². The summed E-state index contributed by atoms with van der Waals surface area (Å²) in [6.07, 6.45) is 7.66. The van der Waals surface area contributed by atoms with E-state index in [2.05, 4.69) is 45.1 Å². The van der Waals surface area contributed by atoms with E-state index in [-0.39, 0.29) is 5.41 Å². The molecule has 2 aromatic rings. The number of aliphatic hydroxyl groups is 1. The molecule has 5 heteroatoms. The van der Waals surface area contributed by atoms with Crippen LogP contribution in [0.2, 0.25) is 0 Å². The van der Waals surface area contributed by atoms with Crippen LogP contribution in [0, 0.1) is 5.41 Å². The minimum atomic E-state index is 0.0576. The molecule has 1 fully saturated rings. The Kier molecular flexibility index (Phi) is 6.68. The van der Waals surface area contributed by atoms with Crippen molar-refractivity contribution < 1.29 is 5.11 Å². The van der Waals surface area contributed by atoms with E-state index in [9.17, 15) is 5.11 Å². The molecule has 3 rings (SSSR count). The number of piperidine rings is 1. The summed E-state index contributed by atoms with van der Waals surface area (Å²) >= 11 is 1.77. The van der Waals surface area contributed by atoms with Crippen molar-refractivity contribution in [1.82, 2.24) is 9.88 Å². The molecule has 1 aliphatic heterocycles. The summed E-state index contributed by atoms with van der Waals surface area (Å²) in [4.78, 5) is 10.4. The summed E-state index contributed by atoms with van der Waals surface area (Å²) in [5.74, 6) is 0. The molecule has 26 heavy (non-hydrogen) atoms. The molecule has 0 spiro atoms. The normalized spacial score (nSPS) is 21.0. The quantitative estimate of drug-likeness (QED) is 0.764. The van der Waals surface area contributed by atoms with Gasteiger partial charge in [0.05, 0.1) is 0 Å². The Balaban J connectivity index is 1.55. The van der Waals surface area contributed by atoms with Crippen LogP contribution >= 0.6 is 11.3 Å². The number of benzene rings is 1. The molecular weight excluding hydrogens is 342 g/mol. The first-order valence-electron chi connectivity index (χ1n) is 9.59. The fourth-order valence-corrected chi connectivity index (χ4v) is 4.84. The second-order valence-electron chi connectivity index (χ2n) is 7.82. The Morgan fingerprint density at radius 1 is 1.27 bits per heavy atom. The number of nitrogens with zero attached hydrogens (tertiary/aromatic N) is 3. The zero-order valence-electron chi connectivity index (χ0n) is 16.0. The maximum atomic E-state index is 10.2. The van der Waals surface area contributed by atoms with Crippen molar-refractivity contribution in [3.63, 3.8) is 0 Å². The van der Waals surface area contributed by atoms with Crippen LogP contribution in [0.25, 0.3) is 0 Å². The van der Waals surface area contributed by atoms with Crippen molar-refractivity contribution in [2.45, 2.75) is 38.6 Å². The first kappa shape index (κ1) is 19.3. The lowest BCUT2D eigenvalue weighted by Gasteiger charge is -2.42. The van der Waals surface area contributed by atoms with Crippen molar-refractivity contribution in [3.05, 3.63) is 47.0 Å². The first-order valence-corrected chi connectivity index (χ1v) is 10.4. The fraction of sp³-hybridized carbons (Fsp3) is 0.571. The minimum absolute atomic E-state index is 0.0576. The van der Waals surface area contributed by atoms with Gasteiger partial charge in [-0.1, -0.05) is 30.3 Å². The molecule has 4 nitrogen and oxygen atoms in total. The van der Waals surface area contributed by atoms with Gasteiger partial charge in [-0.25, -0.2) is 4.98 Å². The van der Waals surface area contributed by atoms with Crippen molar-refractivity contribution in [2.24, 2.45) is 5.41 Å². The van der Waals surface area contributed by atoms with Crippen molar-refractivity contribution in [1.29, 1.82) is 0 Å². The highest BCUT2D eigenvalue weighted by Gasteiger charge is 2.34. The van der Waals surface area contributed by atoms with E-state index in [0.29, 0.717) is 6.61 Å². The van der Waals surface area contributed by atoms with Crippen LogP contribution in [0.15, 0.2) is 36.5 Å². The molecule has 142 valence electrons. The summed E-state index contributed by atoms with van der Waals surface area (Å²) in [6, 6.07) is 10.7. The SMILES string of the molecule is CN(C)c1ncc(CN2CCCC(CO)(CCCc3ccccc3)C2)s1. The highest BCUT2D eigenvalue weighted by molar-refractivity contribution is 7.15. The molecule has 1 aliphatic rings. The third-order valence-corrected chi connectivity index (χ3v) is 6.54. The number of aromatic nitrogens is 1. The first-order chi connectivity index (χ1) is 12.6. The largest absolute Gasteiger partial charge is 0.396 e. The number of aryl methyl sites for hydroxylation is 1. The highest BCUT2D eigenvalue weighted by atomic mass is 32.1. The lowest BCUT2D eigenvalue weighted by molar-refractivity contribution is 0.0211. The molecule has 0 amide bonds. The molecule has 0 radical (unpaired) electrons. The average molecular weight is 374 g/mol. The summed E-state index contributed by atoms with van der Waals surface area (Å²) in [5, 5.41) is 11.2. The Morgan fingerprint density at radius 2 is 2.08 bits per heavy atom. The van der Waals surface area contributed by atoms with Gasteiger partial charge in [0.15, 0.2) is 5.13 Å². The molecular formula is C21H31N3OS. The summed E-state index contributed by atoms with van der Waals surface area (Å²) in [6.45, 7) is 3.36. The number of thiazole rings is 1. The van der Waals surface area contributed by atoms with Gasteiger partial charge in [0.1, 0.15) is 0 Å². The van der Waals surface area contributed by atoms with Gasteiger partial charge in [0.25, 0.3) is 0 Å². The van der Waals surface area contributed by atoms with Crippen LogP contribution in [0.3, 0.4) is 0 Å². The van der Waals surface area contributed by atoms with Crippen LogP contribution in [0.1, 0.15) is 36.1 Å². The van der Waals surface area contributed by atoms with Gasteiger partial charge in [-0.2, -0.15) is 0 Å². The van der Waals surface area contributed by atoms with Gasteiger partial charge in [0, 0.05) is 50.3 Å². The van der Waals surface area contributed by atoms with E-state index in [1.807, 2.05) is 20.3 Å². The third kappa shape index (κ3) is 5.06. The number of aliphatic hydroxyl groups excluding tert-OH is 1. The van der Waals surface area contributed by atoms with Crippen molar-refractivity contribution in [2.75, 3.05) is 38.7 Å². The minimum Gasteiger partial charge on any atom is -0.396 e. The number of hydrogen-bond donors (Lipinski definition) is 1. The average Bonchev–Trinajstić information content (AvgIpc) is 3.12. The number of hydrogen-bond acceptors (Lipinski definition) is 5. The lowest BCUT2D eigenvalue weighted by atomic mass is 9.76. The Morgan fingerprint density at radius 3 is 2.77 bits per heavy atom. The predicted molar refractivity (Wildman–Crippen MR) is 110 cm³/mol. The van der Waals surface area contributed by atoms with E-state index in [4.69, 9.17) is 0 Å². The number of likely N-dealkylation sites (tertiary alicyclic amines) is 1. The summed E-state index contributed by atoms with van der Waals surface area (Å²) in [7, 11) is 4.07. The Bertz CT molecular complexity index is 673. The van der Waals surface area contributed by atoms with E-state index in [1.165, 1.54) is 16.9 Å². The van der Waals surface area contributed by atoms with Gasteiger partial charge >= 0.3 is 0 Å². The third-order valence-electron chi connectivity index (χ3n) is 5.39. The monoisotopic (exact) mass is 373 g/mol. The molecule has 1 N–H and O–H groups in total. The second-order valence-corrected chi connectivity index (χ2v) is 8.91. The Hall–Kier alpha value is -1.43. The van der Waals surface area contributed by atoms with E-state index in [1.54, 1.807) is 11.3 Å². The Labute approximate surface area is 161 Å². The number of rotatable bonds is 8. The molecule has 1 saturated heterocycles. The van der Waals surface area contributed by atoms with Gasteiger partial charge in [-0.05, 0) is 44.2 Å². The van der Waals surface area contributed by atoms with E-state index in [0.717, 1.165) is 50.4 Å². The molecule has 0 saturated carbocycles. The second kappa shape index (κ2) is 8.98. The van der Waals surface area contributed by atoms with Gasteiger partial charge < -0.3 is 10.0 Å². The number of anilines is 1. The van der Waals surface area contributed by atoms with Crippen LogP contribution in [-0.2, 0) is 13.0 Å². The topological polar surface area (TPSA) is 39.6 Å². The van der Waals surface area contributed by atoms with E-state index < -0.39 is 0 Å². The smallest absolute Gasteiger partial charge is 0.185 e. The van der Waals surface area contributed by atoms with Crippen LogP contribution < -0.4 is 4.90 Å². The van der Waals surface area contributed by atoms with Crippen molar-refractivity contribution >= 4 is 16.5 Å².